The molecule has 0 saturated carbocycles. The molecule has 13 heteroatoms. The molecule has 4 aromatic rings. The molecule has 0 amide bonds. The second-order valence-corrected chi connectivity index (χ2v) is 11.7. The van der Waals surface area contributed by atoms with Gasteiger partial charge in [0.05, 0.1) is 37.8 Å². The first-order valence-electron chi connectivity index (χ1n) is 13.5. The monoisotopic (exact) mass is 677 g/mol. The van der Waals surface area contributed by atoms with E-state index in [2.05, 4.69) is 20.9 Å². The lowest BCUT2D eigenvalue weighted by molar-refractivity contribution is -0.384. The maximum absolute atomic E-state index is 13.9. The standard InChI is InChI=1S/C31H24BrN3O8S/c1-3-40-30(37)27-17(2)33-31-34(28(27)20-7-11-24-25(14-20)43-16-42-24)29(36)26(44-31)13-19-6-10-23(22(32)12-19)41-15-18-4-8-21(9-5-18)35(38)39/h4-14,28H,3,15-16H2,1-2H3/b26-13-/t28-/m1/s1. The molecule has 0 saturated heterocycles. The number of rotatable bonds is 8. The van der Waals surface area contributed by atoms with E-state index in [1.165, 1.54) is 28.0 Å². The van der Waals surface area contributed by atoms with Gasteiger partial charge in [0.2, 0.25) is 6.79 Å². The molecule has 3 aromatic carbocycles. The van der Waals surface area contributed by atoms with Gasteiger partial charge in [-0.25, -0.2) is 9.79 Å². The first-order chi connectivity index (χ1) is 21.2. The number of halogens is 1. The van der Waals surface area contributed by atoms with Crippen LogP contribution in [-0.4, -0.2) is 28.9 Å². The molecule has 1 aromatic heterocycles. The van der Waals surface area contributed by atoms with Gasteiger partial charge in [0, 0.05) is 12.1 Å². The minimum Gasteiger partial charge on any atom is -0.488 e. The van der Waals surface area contributed by atoms with Gasteiger partial charge in [-0.15, -0.1) is 0 Å². The van der Waals surface area contributed by atoms with Crippen LogP contribution in [0.25, 0.3) is 6.08 Å². The fraction of sp³-hybridized carbons (Fsp3) is 0.194. The zero-order chi connectivity index (χ0) is 31.0. The van der Waals surface area contributed by atoms with Gasteiger partial charge in [0.1, 0.15) is 12.4 Å². The summed E-state index contributed by atoms with van der Waals surface area (Å²) < 4.78 is 24.9. The third kappa shape index (κ3) is 5.63. The normalized spacial score (nSPS) is 15.5. The molecule has 2 aliphatic heterocycles. The number of nitro groups is 1. The number of aromatic nitrogens is 1. The summed E-state index contributed by atoms with van der Waals surface area (Å²) in [5, 5.41) is 10.9. The third-order valence-corrected chi connectivity index (χ3v) is 8.63. The van der Waals surface area contributed by atoms with Crippen molar-refractivity contribution in [3.8, 4) is 17.2 Å². The number of hydrogen-bond donors (Lipinski definition) is 0. The number of hydrogen-bond acceptors (Lipinski definition) is 10. The molecule has 0 radical (unpaired) electrons. The van der Waals surface area contributed by atoms with E-state index < -0.39 is 16.9 Å². The molecule has 0 N–H and O–H groups in total. The molecule has 0 aliphatic carbocycles. The number of nitro benzene ring substituents is 1. The number of allylic oxidation sites excluding steroid dienone is 1. The Morgan fingerprint density at radius 2 is 1.93 bits per heavy atom. The molecule has 3 heterocycles. The second-order valence-electron chi connectivity index (χ2n) is 9.82. The predicted molar refractivity (Wildman–Crippen MR) is 165 cm³/mol. The summed E-state index contributed by atoms with van der Waals surface area (Å²) in [6.07, 6.45) is 1.76. The summed E-state index contributed by atoms with van der Waals surface area (Å²) in [5.41, 5.74) is 2.64. The molecule has 11 nitrogen and oxygen atoms in total. The highest BCUT2D eigenvalue weighted by Crippen LogP contribution is 2.38. The van der Waals surface area contributed by atoms with Crippen LogP contribution in [0.5, 0.6) is 17.2 Å². The number of carbonyl (C=O) groups excluding carboxylic acids is 1. The Hall–Kier alpha value is -4.75. The first-order valence-corrected chi connectivity index (χ1v) is 15.1. The Labute approximate surface area is 262 Å². The van der Waals surface area contributed by atoms with E-state index in [9.17, 15) is 19.7 Å². The molecule has 0 unspecified atom stereocenters. The van der Waals surface area contributed by atoms with Crippen molar-refractivity contribution >= 4 is 45.0 Å². The topological polar surface area (TPSA) is 131 Å². The van der Waals surface area contributed by atoms with Crippen molar-refractivity contribution in [1.82, 2.24) is 4.57 Å². The molecule has 0 spiro atoms. The third-order valence-electron chi connectivity index (χ3n) is 7.02. The highest BCUT2D eigenvalue weighted by atomic mass is 79.9. The SMILES string of the molecule is CCOC(=O)C1=C(C)N=c2s/c(=C\c3ccc(OCc4ccc([N+](=O)[O-])cc4)c(Br)c3)c(=O)n2[C@@H]1c1ccc2c(c1)OCO2. The molecule has 2 aliphatic rings. The van der Waals surface area contributed by atoms with Crippen molar-refractivity contribution in [3.63, 3.8) is 0 Å². The van der Waals surface area contributed by atoms with Gasteiger partial charge in [-0.05, 0) is 88.9 Å². The maximum atomic E-state index is 13.9. The minimum absolute atomic E-state index is 0.0130. The van der Waals surface area contributed by atoms with Gasteiger partial charge in [0.15, 0.2) is 16.3 Å². The van der Waals surface area contributed by atoms with Crippen molar-refractivity contribution in [2.75, 3.05) is 13.4 Å². The lowest BCUT2D eigenvalue weighted by atomic mass is 9.95. The van der Waals surface area contributed by atoms with Crippen LogP contribution in [0, 0.1) is 10.1 Å². The molecular weight excluding hydrogens is 654 g/mol. The van der Waals surface area contributed by atoms with Gasteiger partial charge in [-0.1, -0.05) is 23.5 Å². The van der Waals surface area contributed by atoms with Gasteiger partial charge < -0.3 is 18.9 Å². The second kappa shape index (κ2) is 12.1. The van der Waals surface area contributed by atoms with Crippen molar-refractivity contribution in [1.29, 1.82) is 0 Å². The number of benzene rings is 3. The largest absolute Gasteiger partial charge is 0.488 e. The first kappa shape index (κ1) is 29.3. The van der Waals surface area contributed by atoms with Gasteiger partial charge in [-0.3, -0.25) is 19.5 Å². The summed E-state index contributed by atoms with van der Waals surface area (Å²) in [7, 11) is 0. The van der Waals surface area contributed by atoms with E-state index in [0.717, 1.165) is 11.1 Å². The highest BCUT2D eigenvalue weighted by Gasteiger charge is 2.34. The molecule has 6 rings (SSSR count). The van der Waals surface area contributed by atoms with Gasteiger partial charge in [-0.2, -0.15) is 0 Å². The number of ether oxygens (including phenoxy) is 4. The molecule has 224 valence electrons. The van der Waals surface area contributed by atoms with E-state index in [4.69, 9.17) is 18.9 Å². The quantitative estimate of drug-likeness (QED) is 0.148. The summed E-state index contributed by atoms with van der Waals surface area (Å²) >= 11 is 4.76. The van der Waals surface area contributed by atoms with E-state index >= 15 is 0 Å². The maximum Gasteiger partial charge on any atom is 0.338 e. The average Bonchev–Trinajstić information content (AvgIpc) is 3.59. The summed E-state index contributed by atoms with van der Waals surface area (Å²) in [6, 6.07) is 16.1. The van der Waals surface area contributed by atoms with E-state index in [1.807, 2.05) is 12.1 Å². The Balaban J connectivity index is 1.33. The summed E-state index contributed by atoms with van der Waals surface area (Å²) in [5.74, 6) is 1.15. The Morgan fingerprint density at radius 1 is 1.16 bits per heavy atom. The van der Waals surface area contributed by atoms with E-state index in [-0.39, 0.29) is 36.8 Å². The lowest BCUT2D eigenvalue weighted by Crippen LogP contribution is -2.39. The van der Waals surface area contributed by atoms with E-state index in [1.54, 1.807) is 56.3 Å². The van der Waals surface area contributed by atoms with Crippen molar-refractivity contribution in [2.45, 2.75) is 26.5 Å². The summed E-state index contributed by atoms with van der Waals surface area (Å²) in [4.78, 5) is 42.6. The van der Waals surface area contributed by atoms with Crippen LogP contribution in [0.1, 0.15) is 36.6 Å². The van der Waals surface area contributed by atoms with Gasteiger partial charge in [0.25, 0.3) is 11.2 Å². The van der Waals surface area contributed by atoms with E-state index in [0.29, 0.717) is 42.3 Å². The number of esters is 1. The smallest absolute Gasteiger partial charge is 0.338 e. The van der Waals surface area contributed by atoms with Crippen LogP contribution >= 0.6 is 27.3 Å². The van der Waals surface area contributed by atoms with Crippen LogP contribution < -0.4 is 29.1 Å². The Kier molecular flexibility index (Phi) is 8.06. The molecule has 1 atom stereocenters. The fourth-order valence-electron chi connectivity index (χ4n) is 4.94. The zero-order valence-corrected chi connectivity index (χ0v) is 25.8. The number of carbonyl (C=O) groups is 1. The number of non-ortho nitro benzene ring substituents is 1. The zero-order valence-electron chi connectivity index (χ0n) is 23.4. The number of thiazole rings is 1. The van der Waals surface area contributed by atoms with Crippen molar-refractivity contribution in [3.05, 3.63) is 123 Å². The van der Waals surface area contributed by atoms with Crippen molar-refractivity contribution in [2.24, 2.45) is 4.99 Å². The highest BCUT2D eigenvalue weighted by molar-refractivity contribution is 9.10. The molecule has 44 heavy (non-hydrogen) atoms. The Bertz CT molecular complexity index is 2020. The van der Waals surface area contributed by atoms with Crippen molar-refractivity contribution < 1.29 is 28.7 Å². The summed E-state index contributed by atoms with van der Waals surface area (Å²) in [6.45, 7) is 3.95. The number of nitrogens with zero attached hydrogens (tertiary/aromatic N) is 3. The van der Waals surface area contributed by atoms with Crippen LogP contribution in [0.2, 0.25) is 0 Å². The van der Waals surface area contributed by atoms with Crippen LogP contribution in [-0.2, 0) is 16.1 Å². The average molecular weight is 679 g/mol. The fourth-order valence-corrected chi connectivity index (χ4v) is 6.50. The van der Waals surface area contributed by atoms with Crippen LogP contribution in [0.3, 0.4) is 0 Å². The molecule has 0 fully saturated rings. The molecule has 0 bridgehead atoms. The van der Waals surface area contributed by atoms with Gasteiger partial charge >= 0.3 is 5.97 Å². The van der Waals surface area contributed by atoms with Crippen LogP contribution in [0.15, 0.2) is 86.2 Å². The number of fused-ring (bicyclic) bond motifs is 2. The minimum atomic E-state index is -0.774. The lowest BCUT2D eigenvalue weighted by Gasteiger charge is -2.24. The predicted octanol–water partition coefficient (Wildman–Crippen LogP) is 4.78. The Morgan fingerprint density at radius 3 is 2.66 bits per heavy atom. The molecular formula is C31H24BrN3O8S. The van der Waals surface area contributed by atoms with Crippen LogP contribution in [0.4, 0.5) is 5.69 Å².